The molecule has 174 valence electrons. The van der Waals surface area contributed by atoms with Gasteiger partial charge in [-0.15, -0.1) is 0 Å². The van der Waals surface area contributed by atoms with E-state index in [0.717, 1.165) is 29.3 Å². The Morgan fingerprint density at radius 1 is 1.27 bits per heavy atom. The summed E-state index contributed by atoms with van der Waals surface area (Å²) in [4.78, 5) is 17.5. The van der Waals surface area contributed by atoms with E-state index in [1.807, 2.05) is 30.3 Å². The maximum atomic E-state index is 13.4. The number of pyridine rings is 1. The average Bonchev–Trinajstić information content (AvgIpc) is 3.52. The van der Waals surface area contributed by atoms with Crippen LogP contribution in [0.15, 0.2) is 47.5 Å². The molecule has 1 saturated heterocycles. The predicted molar refractivity (Wildman–Crippen MR) is 124 cm³/mol. The number of carbonyl (C=O) groups is 1. The quantitative estimate of drug-likeness (QED) is 0.598. The number of hydrogen-bond acceptors (Lipinski definition) is 5. The molecule has 33 heavy (non-hydrogen) atoms. The molecule has 1 aliphatic heterocycles. The molecular weight excluding hydrogens is 440 g/mol. The van der Waals surface area contributed by atoms with Crippen molar-refractivity contribution in [3.05, 3.63) is 59.5 Å². The molecule has 9 heteroatoms. The normalized spacial score (nSPS) is 20.3. The van der Waals surface area contributed by atoms with Crippen LogP contribution in [0, 0.1) is 12.3 Å². The number of carbonyl (C=O) groups excluding carboxylic acids is 1. The van der Waals surface area contributed by atoms with Crippen LogP contribution in [-0.2, 0) is 23.6 Å². The first kappa shape index (κ1) is 22.1. The van der Waals surface area contributed by atoms with Crippen molar-refractivity contribution in [3.8, 4) is 0 Å². The first-order valence-corrected chi connectivity index (χ1v) is 12.6. The molecule has 1 aromatic carbocycles. The fourth-order valence-corrected chi connectivity index (χ4v) is 6.66. The van der Waals surface area contributed by atoms with E-state index in [0.29, 0.717) is 30.9 Å². The van der Waals surface area contributed by atoms with Crippen molar-refractivity contribution in [2.45, 2.75) is 43.7 Å². The largest absolute Gasteiger partial charge is 0.392 e. The number of aliphatic hydroxyl groups is 1. The SMILES string of the molecule is Cc1c(S(=O)(=O)N2CC[C@H](O)C3(CC3)C2)cc(C(=O)NCc2cccc3ncccc23)n1C. The van der Waals surface area contributed by atoms with Crippen LogP contribution in [0.1, 0.15) is 41.0 Å². The standard InChI is InChI=1S/C24H28N4O4S/c1-16-21(33(31,32)28-12-8-22(29)24(15-28)9-10-24)13-20(27(16)2)23(30)26-14-17-5-3-7-19-18(17)6-4-11-25-19/h3-7,11,13,22,29H,8-10,12,14-15H2,1-2H3,(H,26,30)/t22-/m0/s1. The Morgan fingerprint density at radius 3 is 2.82 bits per heavy atom. The van der Waals surface area contributed by atoms with Crippen LogP contribution in [0.5, 0.6) is 0 Å². The van der Waals surface area contributed by atoms with Gasteiger partial charge in [0, 0.05) is 49.4 Å². The molecule has 0 bridgehead atoms. The van der Waals surface area contributed by atoms with E-state index in [-0.39, 0.29) is 22.8 Å². The monoisotopic (exact) mass is 468 g/mol. The number of nitrogens with one attached hydrogen (secondary N) is 1. The zero-order valence-corrected chi connectivity index (χ0v) is 19.6. The molecule has 1 atom stereocenters. The summed E-state index contributed by atoms with van der Waals surface area (Å²) in [7, 11) is -2.06. The Hall–Kier alpha value is -2.75. The van der Waals surface area contributed by atoms with Crippen LogP contribution in [-0.4, -0.2) is 52.5 Å². The van der Waals surface area contributed by atoms with Gasteiger partial charge in [0.05, 0.1) is 11.6 Å². The summed E-state index contributed by atoms with van der Waals surface area (Å²) in [5.74, 6) is -0.337. The van der Waals surface area contributed by atoms with Crippen molar-refractivity contribution in [2.75, 3.05) is 13.1 Å². The van der Waals surface area contributed by atoms with Crippen LogP contribution < -0.4 is 5.32 Å². The number of rotatable bonds is 5. The molecule has 2 aromatic heterocycles. The Balaban J connectivity index is 1.37. The summed E-state index contributed by atoms with van der Waals surface area (Å²) in [6, 6.07) is 11.0. The van der Waals surface area contributed by atoms with E-state index in [2.05, 4.69) is 10.3 Å². The van der Waals surface area contributed by atoms with E-state index >= 15 is 0 Å². The molecule has 2 aliphatic rings. The van der Waals surface area contributed by atoms with Crippen LogP contribution in [0.2, 0.25) is 0 Å². The third-order valence-corrected chi connectivity index (χ3v) is 9.22. The molecule has 1 spiro atoms. The summed E-state index contributed by atoms with van der Waals surface area (Å²) in [5.41, 5.74) is 2.32. The minimum Gasteiger partial charge on any atom is -0.392 e. The molecule has 1 amide bonds. The summed E-state index contributed by atoms with van der Waals surface area (Å²) in [5, 5.41) is 14.2. The second-order valence-corrected chi connectivity index (χ2v) is 11.1. The van der Waals surface area contributed by atoms with Crippen molar-refractivity contribution in [3.63, 3.8) is 0 Å². The maximum absolute atomic E-state index is 13.4. The van der Waals surface area contributed by atoms with Gasteiger partial charge in [-0.1, -0.05) is 18.2 Å². The van der Waals surface area contributed by atoms with Gasteiger partial charge in [-0.3, -0.25) is 9.78 Å². The lowest BCUT2D eigenvalue weighted by Crippen LogP contribution is -2.47. The lowest BCUT2D eigenvalue weighted by molar-refractivity contribution is 0.0388. The Kier molecular flexibility index (Phi) is 5.30. The van der Waals surface area contributed by atoms with Gasteiger partial charge in [0.1, 0.15) is 10.6 Å². The molecule has 5 rings (SSSR count). The van der Waals surface area contributed by atoms with E-state index in [4.69, 9.17) is 0 Å². The van der Waals surface area contributed by atoms with Crippen molar-refractivity contribution in [1.29, 1.82) is 0 Å². The average molecular weight is 469 g/mol. The number of benzene rings is 1. The smallest absolute Gasteiger partial charge is 0.268 e. The number of nitrogens with zero attached hydrogens (tertiary/aromatic N) is 3. The maximum Gasteiger partial charge on any atom is 0.268 e. The van der Waals surface area contributed by atoms with Gasteiger partial charge < -0.3 is 15.0 Å². The highest BCUT2D eigenvalue weighted by Crippen LogP contribution is 2.52. The van der Waals surface area contributed by atoms with Crippen molar-refractivity contribution >= 4 is 26.8 Å². The zero-order chi connectivity index (χ0) is 23.4. The Morgan fingerprint density at radius 2 is 2.06 bits per heavy atom. The third-order valence-electron chi connectivity index (χ3n) is 7.26. The Labute approximate surface area is 193 Å². The minimum atomic E-state index is -3.77. The van der Waals surface area contributed by atoms with Crippen LogP contribution >= 0.6 is 0 Å². The third kappa shape index (κ3) is 3.74. The molecule has 3 aromatic rings. The number of piperidine rings is 1. The topological polar surface area (TPSA) is 105 Å². The molecule has 1 aliphatic carbocycles. The van der Waals surface area contributed by atoms with Gasteiger partial charge in [-0.2, -0.15) is 4.31 Å². The van der Waals surface area contributed by atoms with Crippen LogP contribution in [0.4, 0.5) is 0 Å². The van der Waals surface area contributed by atoms with Gasteiger partial charge in [0.25, 0.3) is 5.91 Å². The predicted octanol–water partition coefficient (Wildman–Crippen LogP) is 2.35. The number of hydrogen-bond donors (Lipinski definition) is 2. The Bertz CT molecular complexity index is 1340. The molecule has 2 fully saturated rings. The second kappa shape index (κ2) is 7.93. The number of aliphatic hydroxyl groups excluding tert-OH is 1. The van der Waals surface area contributed by atoms with Gasteiger partial charge >= 0.3 is 0 Å². The van der Waals surface area contributed by atoms with E-state index < -0.39 is 16.1 Å². The number of amides is 1. The summed E-state index contributed by atoms with van der Waals surface area (Å²) in [6.45, 7) is 2.64. The lowest BCUT2D eigenvalue weighted by atomic mass is 9.93. The van der Waals surface area contributed by atoms with Gasteiger partial charge in [-0.25, -0.2) is 8.42 Å². The second-order valence-electron chi connectivity index (χ2n) is 9.21. The molecule has 3 heterocycles. The molecule has 0 unspecified atom stereocenters. The van der Waals surface area contributed by atoms with Crippen molar-refractivity contribution < 1.29 is 18.3 Å². The van der Waals surface area contributed by atoms with Gasteiger partial charge in [-0.05, 0) is 49.9 Å². The lowest BCUT2D eigenvalue weighted by Gasteiger charge is -2.35. The van der Waals surface area contributed by atoms with Gasteiger partial charge in [0.2, 0.25) is 10.0 Å². The number of fused-ring (bicyclic) bond motifs is 1. The van der Waals surface area contributed by atoms with Gasteiger partial charge in [0.15, 0.2) is 0 Å². The van der Waals surface area contributed by atoms with Crippen molar-refractivity contribution in [2.24, 2.45) is 12.5 Å². The minimum absolute atomic E-state index is 0.150. The zero-order valence-electron chi connectivity index (χ0n) is 18.8. The fraction of sp³-hybridized carbons (Fsp3) is 0.417. The number of sulfonamides is 1. The van der Waals surface area contributed by atoms with E-state index in [1.165, 1.54) is 10.4 Å². The number of aromatic nitrogens is 2. The summed E-state index contributed by atoms with van der Waals surface area (Å²) < 4.78 is 30.0. The highest BCUT2D eigenvalue weighted by Gasteiger charge is 2.54. The van der Waals surface area contributed by atoms with Crippen molar-refractivity contribution in [1.82, 2.24) is 19.2 Å². The molecular formula is C24H28N4O4S. The first-order chi connectivity index (χ1) is 15.7. The molecule has 0 radical (unpaired) electrons. The van der Waals surface area contributed by atoms with E-state index in [9.17, 15) is 18.3 Å². The summed E-state index contributed by atoms with van der Waals surface area (Å²) in [6.07, 6.45) is 3.44. The summed E-state index contributed by atoms with van der Waals surface area (Å²) >= 11 is 0. The molecule has 8 nitrogen and oxygen atoms in total. The van der Waals surface area contributed by atoms with Crippen LogP contribution in [0.3, 0.4) is 0 Å². The molecule has 2 N–H and O–H groups in total. The first-order valence-electron chi connectivity index (χ1n) is 11.2. The fourth-order valence-electron chi connectivity index (χ4n) is 4.84. The van der Waals surface area contributed by atoms with Crippen LogP contribution in [0.25, 0.3) is 10.9 Å². The molecule has 1 saturated carbocycles. The highest BCUT2D eigenvalue weighted by molar-refractivity contribution is 7.89. The highest BCUT2D eigenvalue weighted by atomic mass is 32.2. The van der Waals surface area contributed by atoms with E-state index in [1.54, 1.807) is 24.7 Å².